The van der Waals surface area contributed by atoms with Crippen LogP contribution in [0.5, 0.6) is 0 Å². The average Bonchev–Trinajstić information content (AvgIpc) is 2.20. The highest BCUT2D eigenvalue weighted by molar-refractivity contribution is 4.74. The second kappa shape index (κ2) is 7.90. The molecule has 0 aromatic rings. The van der Waals surface area contributed by atoms with Crippen molar-refractivity contribution in [2.45, 2.75) is 51.7 Å². The van der Waals surface area contributed by atoms with Crippen LogP contribution in [0.3, 0.4) is 0 Å². The molecule has 0 fully saturated rings. The highest BCUT2D eigenvalue weighted by atomic mass is 19.4. The first-order valence-corrected chi connectivity index (χ1v) is 5.95. The SMILES string of the molecule is CCCCCC(CN)N(CC)CC(F)(F)F. The number of unbranched alkanes of at least 4 members (excludes halogenated alkanes) is 2. The van der Waals surface area contributed by atoms with Gasteiger partial charge in [-0.2, -0.15) is 13.2 Å². The number of halogens is 3. The molecule has 0 radical (unpaired) electrons. The minimum absolute atomic E-state index is 0.141. The minimum Gasteiger partial charge on any atom is -0.329 e. The second-order valence-corrected chi connectivity index (χ2v) is 4.06. The molecule has 0 saturated carbocycles. The molecule has 1 unspecified atom stereocenters. The van der Waals surface area contributed by atoms with E-state index in [4.69, 9.17) is 5.73 Å². The van der Waals surface area contributed by atoms with Crippen molar-refractivity contribution < 1.29 is 13.2 Å². The number of nitrogens with zero attached hydrogens (tertiary/aromatic N) is 1. The van der Waals surface area contributed by atoms with Crippen LogP contribution < -0.4 is 5.73 Å². The highest BCUT2D eigenvalue weighted by Crippen LogP contribution is 2.19. The lowest BCUT2D eigenvalue weighted by Gasteiger charge is -2.30. The van der Waals surface area contributed by atoms with E-state index in [0.29, 0.717) is 13.1 Å². The molecule has 16 heavy (non-hydrogen) atoms. The van der Waals surface area contributed by atoms with Gasteiger partial charge in [0.25, 0.3) is 0 Å². The van der Waals surface area contributed by atoms with Crippen molar-refractivity contribution in [1.29, 1.82) is 0 Å². The van der Waals surface area contributed by atoms with Gasteiger partial charge in [-0.15, -0.1) is 0 Å². The second-order valence-electron chi connectivity index (χ2n) is 4.06. The predicted octanol–water partition coefficient (Wildman–Crippen LogP) is 2.78. The topological polar surface area (TPSA) is 29.3 Å². The van der Waals surface area contributed by atoms with Crippen molar-refractivity contribution in [2.75, 3.05) is 19.6 Å². The lowest BCUT2D eigenvalue weighted by Crippen LogP contribution is -2.45. The monoisotopic (exact) mass is 240 g/mol. The lowest BCUT2D eigenvalue weighted by atomic mass is 10.1. The van der Waals surface area contributed by atoms with Crippen molar-refractivity contribution in [3.63, 3.8) is 0 Å². The molecule has 0 aliphatic rings. The third-order valence-electron chi connectivity index (χ3n) is 2.72. The summed E-state index contributed by atoms with van der Waals surface area (Å²) < 4.78 is 36.9. The van der Waals surface area contributed by atoms with E-state index in [1.165, 1.54) is 4.90 Å². The van der Waals surface area contributed by atoms with Gasteiger partial charge in [-0.05, 0) is 13.0 Å². The third kappa shape index (κ3) is 7.06. The summed E-state index contributed by atoms with van der Waals surface area (Å²) >= 11 is 0. The molecule has 0 aliphatic carbocycles. The zero-order chi connectivity index (χ0) is 12.6. The van der Waals surface area contributed by atoms with Gasteiger partial charge < -0.3 is 5.73 Å². The number of nitrogens with two attached hydrogens (primary N) is 1. The van der Waals surface area contributed by atoms with E-state index in [1.54, 1.807) is 6.92 Å². The van der Waals surface area contributed by atoms with Crippen LogP contribution in [-0.2, 0) is 0 Å². The van der Waals surface area contributed by atoms with Crippen LogP contribution in [0.1, 0.15) is 39.5 Å². The quantitative estimate of drug-likeness (QED) is 0.661. The maximum absolute atomic E-state index is 12.3. The first-order chi connectivity index (χ1) is 7.44. The van der Waals surface area contributed by atoms with E-state index in [0.717, 1.165) is 25.7 Å². The zero-order valence-corrected chi connectivity index (χ0v) is 10.2. The standard InChI is InChI=1S/C11H23F3N2/c1-3-5-6-7-10(8-15)16(4-2)9-11(12,13)14/h10H,3-9,15H2,1-2H3. The Hall–Kier alpha value is -0.290. The van der Waals surface area contributed by atoms with E-state index in [2.05, 4.69) is 6.92 Å². The van der Waals surface area contributed by atoms with Crippen LogP contribution in [0, 0.1) is 0 Å². The number of likely N-dealkylation sites (N-methyl/N-ethyl adjacent to an activating group) is 1. The molecular formula is C11H23F3N2. The molecule has 2 nitrogen and oxygen atoms in total. The van der Waals surface area contributed by atoms with Gasteiger partial charge in [0.05, 0.1) is 6.54 Å². The lowest BCUT2D eigenvalue weighted by molar-refractivity contribution is -0.150. The van der Waals surface area contributed by atoms with Crippen molar-refractivity contribution in [2.24, 2.45) is 5.73 Å². The Labute approximate surface area is 96.0 Å². The third-order valence-corrected chi connectivity index (χ3v) is 2.72. The zero-order valence-electron chi connectivity index (χ0n) is 10.2. The highest BCUT2D eigenvalue weighted by Gasteiger charge is 2.32. The minimum atomic E-state index is -4.13. The van der Waals surface area contributed by atoms with Gasteiger partial charge in [-0.3, -0.25) is 4.90 Å². The number of alkyl halides is 3. The largest absolute Gasteiger partial charge is 0.401 e. The van der Waals surface area contributed by atoms with Gasteiger partial charge in [0, 0.05) is 12.6 Å². The van der Waals surface area contributed by atoms with Crippen LogP contribution in [0.25, 0.3) is 0 Å². The summed E-state index contributed by atoms with van der Waals surface area (Å²) in [5.41, 5.74) is 5.54. The Balaban J connectivity index is 4.16. The van der Waals surface area contributed by atoms with Gasteiger partial charge in [0.1, 0.15) is 0 Å². The summed E-state index contributed by atoms with van der Waals surface area (Å²) in [7, 11) is 0. The van der Waals surface area contributed by atoms with E-state index < -0.39 is 12.7 Å². The van der Waals surface area contributed by atoms with Gasteiger partial charge in [-0.1, -0.05) is 33.1 Å². The van der Waals surface area contributed by atoms with Crippen LogP contribution in [0.15, 0.2) is 0 Å². The number of hydrogen-bond donors (Lipinski definition) is 1. The smallest absolute Gasteiger partial charge is 0.329 e. The Morgan fingerprint density at radius 1 is 1.19 bits per heavy atom. The van der Waals surface area contributed by atoms with Gasteiger partial charge in [0.15, 0.2) is 0 Å². The first-order valence-electron chi connectivity index (χ1n) is 5.95. The maximum Gasteiger partial charge on any atom is 0.401 e. The molecule has 0 saturated heterocycles. The van der Waals surface area contributed by atoms with Crippen molar-refractivity contribution in [1.82, 2.24) is 4.90 Å². The first kappa shape index (κ1) is 15.7. The molecule has 0 aromatic carbocycles. The van der Waals surface area contributed by atoms with Crippen LogP contribution >= 0.6 is 0 Å². The van der Waals surface area contributed by atoms with Crippen LogP contribution in [0.2, 0.25) is 0 Å². The molecule has 1 atom stereocenters. The van der Waals surface area contributed by atoms with Crippen molar-refractivity contribution in [3.05, 3.63) is 0 Å². The fourth-order valence-corrected chi connectivity index (χ4v) is 1.81. The summed E-state index contributed by atoms with van der Waals surface area (Å²) in [4.78, 5) is 1.43. The Bertz CT molecular complexity index is 171. The summed E-state index contributed by atoms with van der Waals surface area (Å²) in [6, 6.07) is -0.141. The van der Waals surface area contributed by atoms with Crippen molar-refractivity contribution in [3.8, 4) is 0 Å². The van der Waals surface area contributed by atoms with Gasteiger partial charge in [-0.25, -0.2) is 0 Å². The van der Waals surface area contributed by atoms with E-state index in [-0.39, 0.29) is 6.04 Å². The van der Waals surface area contributed by atoms with E-state index >= 15 is 0 Å². The summed E-state index contributed by atoms with van der Waals surface area (Å²) in [6.07, 6.45) is -0.294. The molecule has 0 spiro atoms. The molecule has 0 aromatic heterocycles. The maximum atomic E-state index is 12.3. The average molecular weight is 240 g/mol. The van der Waals surface area contributed by atoms with Gasteiger partial charge in [0.2, 0.25) is 0 Å². The van der Waals surface area contributed by atoms with Crippen LogP contribution in [-0.4, -0.2) is 36.8 Å². The molecule has 5 heteroatoms. The Morgan fingerprint density at radius 2 is 1.81 bits per heavy atom. The molecule has 0 bridgehead atoms. The van der Waals surface area contributed by atoms with Gasteiger partial charge >= 0.3 is 6.18 Å². The summed E-state index contributed by atoms with van der Waals surface area (Å²) in [5, 5.41) is 0. The number of hydrogen-bond acceptors (Lipinski definition) is 2. The summed E-state index contributed by atoms with van der Waals surface area (Å²) in [6.45, 7) is 3.66. The van der Waals surface area contributed by atoms with Crippen molar-refractivity contribution >= 4 is 0 Å². The molecule has 0 heterocycles. The summed E-state index contributed by atoms with van der Waals surface area (Å²) in [5.74, 6) is 0. The molecule has 0 amide bonds. The number of rotatable bonds is 8. The molecular weight excluding hydrogens is 217 g/mol. The Morgan fingerprint density at radius 3 is 2.19 bits per heavy atom. The molecule has 0 rings (SSSR count). The molecule has 98 valence electrons. The molecule has 0 aliphatic heterocycles. The fourth-order valence-electron chi connectivity index (χ4n) is 1.81. The van der Waals surface area contributed by atoms with E-state index in [9.17, 15) is 13.2 Å². The fraction of sp³-hybridized carbons (Fsp3) is 1.00. The van der Waals surface area contributed by atoms with Crippen LogP contribution in [0.4, 0.5) is 13.2 Å². The molecule has 2 N–H and O–H groups in total. The predicted molar refractivity (Wildman–Crippen MR) is 60.3 cm³/mol. The Kier molecular flexibility index (Phi) is 7.76. The normalized spacial score (nSPS) is 14.4. The van der Waals surface area contributed by atoms with E-state index in [1.807, 2.05) is 0 Å².